The van der Waals surface area contributed by atoms with E-state index in [4.69, 9.17) is 0 Å². The first-order valence-electron chi connectivity index (χ1n) is 6.71. The van der Waals surface area contributed by atoms with Crippen LogP contribution < -0.4 is 10.6 Å². The van der Waals surface area contributed by atoms with Gasteiger partial charge in [-0.2, -0.15) is 0 Å². The summed E-state index contributed by atoms with van der Waals surface area (Å²) in [6, 6.07) is 6.21. The average Bonchev–Trinajstić information content (AvgIpc) is 2.31. The summed E-state index contributed by atoms with van der Waals surface area (Å²) in [6.45, 7) is 6.15. The number of nitrogens with one attached hydrogen (secondary N) is 2. The minimum Gasteiger partial charge on any atom is -0.376 e. The quantitative estimate of drug-likeness (QED) is 0.737. The predicted molar refractivity (Wildman–Crippen MR) is 80.6 cm³/mol. The van der Waals surface area contributed by atoms with Crippen LogP contribution >= 0.6 is 0 Å². The number of rotatable bonds is 7. The van der Waals surface area contributed by atoms with Crippen LogP contribution in [0.5, 0.6) is 0 Å². The van der Waals surface area contributed by atoms with Gasteiger partial charge in [0.15, 0.2) is 0 Å². The number of amides is 1. The minimum absolute atomic E-state index is 0.0397. The molecule has 0 aliphatic heterocycles. The predicted octanol–water partition coefficient (Wildman–Crippen LogP) is 1.78. The van der Waals surface area contributed by atoms with Gasteiger partial charge in [-0.15, -0.1) is 0 Å². The van der Waals surface area contributed by atoms with Gasteiger partial charge in [-0.3, -0.25) is 4.79 Å². The molecule has 0 atom stereocenters. The Kier molecular flexibility index (Phi) is 6.36. The topological polar surface area (TPSA) is 44.4 Å². The van der Waals surface area contributed by atoms with Gasteiger partial charge in [-0.25, -0.2) is 0 Å². The highest BCUT2D eigenvalue weighted by Gasteiger charge is 2.01. The molecule has 0 bridgehead atoms. The minimum atomic E-state index is 0.0397. The zero-order valence-electron chi connectivity index (χ0n) is 12.4. The molecule has 0 aliphatic rings. The van der Waals surface area contributed by atoms with E-state index in [2.05, 4.69) is 35.4 Å². The number of hydrogen-bond donors (Lipinski definition) is 2. The molecule has 0 saturated heterocycles. The Morgan fingerprint density at radius 3 is 2.37 bits per heavy atom. The third-order valence-corrected chi connectivity index (χ3v) is 2.78. The molecule has 4 nitrogen and oxygen atoms in total. The normalized spacial score (nSPS) is 10.6. The average molecular weight is 263 g/mol. The van der Waals surface area contributed by atoms with Crippen molar-refractivity contribution in [1.82, 2.24) is 10.2 Å². The molecule has 0 spiro atoms. The zero-order chi connectivity index (χ0) is 14.3. The van der Waals surface area contributed by atoms with Gasteiger partial charge in [-0.05, 0) is 64.2 Å². The van der Waals surface area contributed by atoms with Crippen LogP contribution in [0.15, 0.2) is 18.2 Å². The van der Waals surface area contributed by atoms with Crippen molar-refractivity contribution in [1.29, 1.82) is 0 Å². The summed E-state index contributed by atoms with van der Waals surface area (Å²) in [5, 5.41) is 6.06. The van der Waals surface area contributed by atoms with Gasteiger partial charge in [0.1, 0.15) is 0 Å². The fourth-order valence-electron chi connectivity index (χ4n) is 1.94. The molecule has 1 rings (SSSR count). The largest absolute Gasteiger partial charge is 0.376 e. The van der Waals surface area contributed by atoms with Crippen molar-refractivity contribution >= 4 is 11.6 Å². The summed E-state index contributed by atoms with van der Waals surface area (Å²) in [4.78, 5) is 13.8. The Morgan fingerprint density at radius 2 is 1.79 bits per heavy atom. The summed E-state index contributed by atoms with van der Waals surface area (Å²) >= 11 is 0. The fourth-order valence-corrected chi connectivity index (χ4v) is 1.94. The molecule has 0 radical (unpaired) electrons. The maximum atomic E-state index is 11.6. The van der Waals surface area contributed by atoms with Gasteiger partial charge >= 0.3 is 0 Å². The third kappa shape index (κ3) is 6.82. The highest BCUT2D eigenvalue weighted by molar-refractivity contribution is 5.80. The van der Waals surface area contributed by atoms with Gasteiger partial charge in [-0.1, -0.05) is 6.07 Å². The Labute approximate surface area is 116 Å². The van der Waals surface area contributed by atoms with Crippen LogP contribution in [0.25, 0.3) is 0 Å². The highest BCUT2D eigenvalue weighted by atomic mass is 16.1. The molecule has 0 aliphatic carbocycles. The summed E-state index contributed by atoms with van der Waals surface area (Å²) in [5.74, 6) is 0.0397. The molecule has 1 aromatic carbocycles. The van der Waals surface area contributed by atoms with Crippen molar-refractivity contribution in [3.8, 4) is 0 Å². The Morgan fingerprint density at radius 1 is 1.16 bits per heavy atom. The lowest BCUT2D eigenvalue weighted by Gasteiger charge is -2.11. The van der Waals surface area contributed by atoms with Crippen LogP contribution in [0.3, 0.4) is 0 Å². The van der Waals surface area contributed by atoms with Gasteiger partial charge < -0.3 is 15.5 Å². The number of benzene rings is 1. The van der Waals surface area contributed by atoms with Crippen LogP contribution in [0.1, 0.15) is 17.5 Å². The highest BCUT2D eigenvalue weighted by Crippen LogP contribution is 2.13. The molecular weight excluding hydrogens is 238 g/mol. The van der Waals surface area contributed by atoms with Crippen molar-refractivity contribution in [2.75, 3.05) is 39.0 Å². The van der Waals surface area contributed by atoms with Crippen molar-refractivity contribution in [3.63, 3.8) is 0 Å². The van der Waals surface area contributed by atoms with Gasteiger partial charge in [0.05, 0.1) is 6.54 Å². The second-order valence-electron chi connectivity index (χ2n) is 5.24. The van der Waals surface area contributed by atoms with Crippen LogP contribution in [0.4, 0.5) is 5.69 Å². The van der Waals surface area contributed by atoms with Gasteiger partial charge in [0, 0.05) is 12.2 Å². The lowest BCUT2D eigenvalue weighted by atomic mass is 10.1. The first kappa shape index (κ1) is 15.5. The molecule has 1 amide bonds. The summed E-state index contributed by atoms with van der Waals surface area (Å²) in [7, 11) is 4.06. The molecule has 106 valence electrons. The number of hydrogen-bond acceptors (Lipinski definition) is 3. The summed E-state index contributed by atoms with van der Waals surface area (Å²) in [5.41, 5.74) is 3.41. The van der Waals surface area contributed by atoms with Crippen LogP contribution in [0, 0.1) is 13.8 Å². The van der Waals surface area contributed by atoms with E-state index in [1.54, 1.807) is 0 Å². The maximum Gasteiger partial charge on any atom is 0.239 e. The van der Waals surface area contributed by atoms with Crippen molar-refractivity contribution in [2.45, 2.75) is 20.3 Å². The molecule has 0 heterocycles. The van der Waals surface area contributed by atoms with Crippen molar-refractivity contribution < 1.29 is 4.79 Å². The SMILES string of the molecule is Cc1cc(C)cc(NCC(=O)NCCCN(C)C)c1. The molecule has 1 aromatic rings. The lowest BCUT2D eigenvalue weighted by Crippen LogP contribution is -2.32. The zero-order valence-corrected chi connectivity index (χ0v) is 12.4. The van der Waals surface area contributed by atoms with Gasteiger partial charge in [0.25, 0.3) is 0 Å². The van der Waals surface area contributed by atoms with E-state index in [1.165, 1.54) is 11.1 Å². The van der Waals surface area contributed by atoms with Crippen molar-refractivity contribution in [2.24, 2.45) is 0 Å². The second kappa shape index (κ2) is 7.79. The lowest BCUT2D eigenvalue weighted by molar-refractivity contribution is -0.119. The first-order chi connectivity index (χ1) is 8.97. The molecule has 2 N–H and O–H groups in total. The molecule has 4 heteroatoms. The first-order valence-corrected chi connectivity index (χ1v) is 6.71. The number of anilines is 1. The molecule has 0 fully saturated rings. The van der Waals surface area contributed by atoms with E-state index < -0.39 is 0 Å². The van der Waals surface area contributed by atoms with E-state index in [1.807, 2.05) is 26.2 Å². The number of aryl methyl sites for hydroxylation is 2. The fraction of sp³-hybridized carbons (Fsp3) is 0.533. The van der Waals surface area contributed by atoms with Crippen LogP contribution in [0.2, 0.25) is 0 Å². The second-order valence-corrected chi connectivity index (χ2v) is 5.24. The summed E-state index contributed by atoms with van der Waals surface area (Å²) < 4.78 is 0. The van der Waals surface area contributed by atoms with E-state index in [0.717, 1.165) is 25.2 Å². The smallest absolute Gasteiger partial charge is 0.239 e. The van der Waals surface area contributed by atoms with E-state index in [9.17, 15) is 4.79 Å². The maximum absolute atomic E-state index is 11.6. The van der Waals surface area contributed by atoms with Crippen molar-refractivity contribution in [3.05, 3.63) is 29.3 Å². The number of nitrogens with zero attached hydrogens (tertiary/aromatic N) is 1. The molecule has 0 aromatic heterocycles. The Hall–Kier alpha value is -1.55. The molecule has 19 heavy (non-hydrogen) atoms. The molecule has 0 unspecified atom stereocenters. The Bertz CT molecular complexity index is 396. The Balaban J connectivity index is 2.26. The number of carbonyl (C=O) groups excluding carboxylic acids is 1. The van der Waals surface area contributed by atoms with Crippen LogP contribution in [-0.4, -0.2) is 44.5 Å². The van der Waals surface area contributed by atoms with Gasteiger partial charge in [0.2, 0.25) is 5.91 Å². The van der Waals surface area contributed by atoms with E-state index in [-0.39, 0.29) is 5.91 Å². The monoisotopic (exact) mass is 263 g/mol. The molecular formula is C15H25N3O. The summed E-state index contributed by atoms with van der Waals surface area (Å²) in [6.07, 6.45) is 0.974. The van der Waals surface area contributed by atoms with E-state index >= 15 is 0 Å². The standard InChI is InChI=1S/C15H25N3O/c1-12-8-13(2)10-14(9-12)17-11-15(19)16-6-5-7-18(3)4/h8-10,17H,5-7,11H2,1-4H3,(H,16,19). The molecule has 0 saturated carbocycles. The number of carbonyl (C=O) groups is 1. The third-order valence-electron chi connectivity index (χ3n) is 2.78. The van der Waals surface area contributed by atoms with E-state index in [0.29, 0.717) is 6.54 Å². The van der Waals surface area contributed by atoms with Crippen LogP contribution in [-0.2, 0) is 4.79 Å².